The van der Waals surface area contributed by atoms with Crippen molar-refractivity contribution >= 4 is 17.5 Å². The van der Waals surface area contributed by atoms with Crippen LogP contribution in [-0.4, -0.2) is 19.0 Å². The number of benzene rings is 1. The molecule has 1 atom stereocenters. The van der Waals surface area contributed by atoms with Crippen molar-refractivity contribution in [3.05, 3.63) is 34.9 Å². The molecule has 3 nitrogen and oxygen atoms in total. The van der Waals surface area contributed by atoms with Gasteiger partial charge in [-0.2, -0.15) is 0 Å². The SMILES string of the molecule is CCCC1(C(=O)N[C@@H](C)c2cccc(Cl)c2)CCNCC1. The lowest BCUT2D eigenvalue weighted by molar-refractivity contribution is -0.133. The zero-order valence-electron chi connectivity index (χ0n) is 12.9. The summed E-state index contributed by atoms with van der Waals surface area (Å²) in [6, 6.07) is 7.69. The zero-order valence-corrected chi connectivity index (χ0v) is 13.7. The fourth-order valence-electron chi connectivity index (χ4n) is 3.18. The van der Waals surface area contributed by atoms with E-state index < -0.39 is 0 Å². The molecule has 21 heavy (non-hydrogen) atoms. The summed E-state index contributed by atoms with van der Waals surface area (Å²) in [6.45, 7) is 6.03. The molecule has 4 heteroatoms. The summed E-state index contributed by atoms with van der Waals surface area (Å²) in [5.41, 5.74) is 0.851. The number of nitrogens with one attached hydrogen (secondary N) is 2. The van der Waals surface area contributed by atoms with Crippen LogP contribution in [0.4, 0.5) is 0 Å². The minimum Gasteiger partial charge on any atom is -0.349 e. The zero-order chi connectivity index (χ0) is 15.3. The summed E-state index contributed by atoms with van der Waals surface area (Å²) in [5.74, 6) is 0.193. The second kappa shape index (κ2) is 7.28. The van der Waals surface area contributed by atoms with Gasteiger partial charge in [-0.25, -0.2) is 0 Å². The van der Waals surface area contributed by atoms with Crippen molar-refractivity contribution < 1.29 is 4.79 Å². The minimum absolute atomic E-state index is 0.0141. The van der Waals surface area contributed by atoms with Crippen molar-refractivity contribution in [2.45, 2.75) is 45.6 Å². The summed E-state index contributed by atoms with van der Waals surface area (Å²) < 4.78 is 0. The smallest absolute Gasteiger partial charge is 0.226 e. The highest BCUT2D eigenvalue weighted by molar-refractivity contribution is 6.30. The normalized spacial score (nSPS) is 19.0. The largest absolute Gasteiger partial charge is 0.349 e. The first-order chi connectivity index (χ1) is 10.1. The number of amides is 1. The summed E-state index contributed by atoms with van der Waals surface area (Å²) in [7, 11) is 0. The van der Waals surface area contributed by atoms with E-state index in [0.29, 0.717) is 5.02 Å². The fraction of sp³-hybridized carbons (Fsp3) is 0.588. The molecule has 1 aromatic rings. The van der Waals surface area contributed by atoms with Gasteiger partial charge in [0.15, 0.2) is 0 Å². The molecule has 116 valence electrons. The number of hydrogen-bond donors (Lipinski definition) is 2. The predicted octanol–water partition coefficient (Wildman–Crippen LogP) is 3.69. The van der Waals surface area contributed by atoms with Crippen LogP contribution in [0.25, 0.3) is 0 Å². The highest BCUT2D eigenvalue weighted by Gasteiger charge is 2.38. The second-order valence-corrected chi connectivity index (χ2v) is 6.47. The van der Waals surface area contributed by atoms with Gasteiger partial charge in [-0.3, -0.25) is 4.79 Å². The maximum Gasteiger partial charge on any atom is 0.226 e. The first-order valence-electron chi connectivity index (χ1n) is 7.84. The van der Waals surface area contributed by atoms with E-state index in [0.717, 1.165) is 44.3 Å². The molecule has 2 N–H and O–H groups in total. The Hall–Kier alpha value is -1.06. The summed E-state index contributed by atoms with van der Waals surface area (Å²) in [6.07, 6.45) is 3.85. The number of piperidine rings is 1. The standard InChI is InChI=1S/C17H25ClN2O/c1-3-7-17(8-10-19-11-9-17)16(21)20-13(2)14-5-4-6-15(18)12-14/h4-6,12-13,19H,3,7-11H2,1-2H3,(H,20,21)/t13-/m0/s1. The van der Waals surface area contributed by atoms with Crippen molar-refractivity contribution in [3.8, 4) is 0 Å². The van der Waals surface area contributed by atoms with Crippen molar-refractivity contribution in [2.24, 2.45) is 5.41 Å². The Bertz CT molecular complexity index is 478. The number of rotatable bonds is 5. The van der Waals surface area contributed by atoms with Gasteiger partial charge < -0.3 is 10.6 Å². The quantitative estimate of drug-likeness (QED) is 0.871. The average molecular weight is 309 g/mol. The first-order valence-corrected chi connectivity index (χ1v) is 8.22. The maximum atomic E-state index is 12.8. The Balaban J connectivity index is 2.07. The fourth-order valence-corrected chi connectivity index (χ4v) is 3.38. The molecule has 1 heterocycles. The highest BCUT2D eigenvalue weighted by Crippen LogP contribution is 2.35. The Morgan fingerprint density at radius 1 is 1.43 bits per heavy atom. The molecular weight excluding hydrogens is 284 g/mol. The molecule has 0 unspecified atom stereocenters. The lowest BCUT2D eigenvalue weighted by Crippen LogP contribution is -2.48. The van der Waals surface area contributed by atoms with E-state index in [1.165, 1.54) is 0 Å². The van der Waals surface area contributed by atoms with E-state index in [-0.39, 0.29) is 17.4 Å². The topological polar surface area (TPSA) is 41.1 Å². The van der Waals surface area contributed by atoms with Crippen LogP contribution in [-0.2, 0) is 4.79 Å². The highest BCUT2D eigenvalue weighted by atomic mass is 35.5. The van der Waals surface area contributed by atoms with Gasteiger partial charge in [0.05, 0.1) is 11.5 Å². The number of hydrogen-bond acceptors (Lipinski definition) is 2. The maximum absolute atomic E-state index is 12.8. The number of carbonyl (C=O) groups excluding carboxylic acids is 1. The van der Waals surface area contributed by atoms with E-state index in [4.69, 9.17) is 11.6 Å². The monoisotopic (exact) mass is 308 g/mol. The van der Waals surface area contributed by atoms with Gasteiger partial charge in [0.2, 0.25) is 5.91 Å². The van der Waals surface area contributed by atoms with Crippen molar-refractivity contribution in [3.63, 3.8) is 0 Å². The molecule has 0 bridgehead atoms. The van der Waals surface area contributed by atoms with Crippen LogP contribution < -0.4 is 10.6 Å². The Kier molecular flexibility index (Phi) is 5.65. The van der Waals surface area contributed by atoms with Crippen LogP contribution in [0.5, 0.6) is 0 Å². The lowest BCUT2D eigenvalue weighted by Gasteiger charge is -2.37. The third kappa shape index (κ3) is 3.98. The Morgan fingerprint density at radius 3 is 2.76 bits per heavy atom. The molecule has 0 spiro atoms. The first kappa shape index (κ1) is 16.3. The Labute approximate surface area is 132 Å². The molecule has 2 rings (SSSR count). The van der Waals surface area contributed by atoms with E-state index in [9.17, 15) is 4.79 Å². The van der Waals surface area contributed by atoms with Crippen molar-refractivity contribution in [2.75, 3.05) is 13.1 Å². The third-order valence-corrected chi connectivity index (χ3v) is 4.70. The van der Waals surface area contributed by atoms with Crippen LogP contribution in [0, 0.1) is 5.41 Å². The van der Waals surface area contributed by atoms with E-state index in [1.807, 2.05) is 31.2 Å². The summed E-state index contributed by atoms with van der Waals surface area (Å²) in [5, 5.41) is 7.25. The predicted molar refractivity (Wildman–Crippen MR) is 87.5 cm³/mol. The van der Waals surface area contributed by atoms with E-state index >= 15 is 0 Å². The molecule has 1 saturated heterocycles. The molecular formula is C17H25ClN2O. The molecule has 0 radical (unpaired) electrons. The van der Waals surface area contributed by atoms with Crippen LogP contribution in [0.1, 0.15) is 51.1 Å². The van der Waals surface area contributed by atoms with Crippen molar-refractivity contribution in [1.82, 2.24) is 10.6 Å². The molecule has 1 aliphatic heterocycles. The van der Waals surface area contributed by atoms with Crippen LogP contribution in [0.3, 0.4) is 0 Å². The van der Waals surface area contributed by atoms with Crippen LogP contribution in [0.2, 0.25) is 5.02 Å². The van der Waals surface area contributed by atoms with Gasteiger partial charge in [0.25, 0.3) is 0 Å². The molecule has 0 aliphatic carbocycles. The summed E-state index contributed by atoms with van der Waals surface area (Å²) >= 11 is 6.03. The molecule has 1 fully saturated rings. The average Bonchev–Trinajstić information content (AvgIpc) is 2.48. The van der Waals surface area contributed by atoms with Gasteiger partial charge in [0, 0.05) is 5.02 Å². The van der Waals surface area contributed by atoms with E-state index in [2.05, 4.69) is 17.6 Å². The molecule has 0 aromatic heterocycles. The van der Waals surface area contributed by atoms with E-state index in [1.54, 1.807) is 0 Å². The molecule has 0 saturated carbocycles. The third-order valence-electron chi connectivity index (χ3n) is 4.47. The van der Waals surface area contributed by atoms with Gasteiger partial charge in [0.1, 0.15) is 0 Å². The summed E-state index contributed by atoms with van der Waals surface area (Å²) in [4.78, 5) is 12.8. The molecule has 1 aliphatic rings. The van der Waals surface area contributed by atoms with Gasteiger partial charge in [-0.05, 0) is 57.0 Å². The lowest BCUT2D eigenvalue weighted by atomic mass is 9.74. The second-order valence-electron chi connectivity index (χ2n) is 6.03. The molecule has 1 aromatic carbocycles. The van der Waals surface area contributed by atoms with Gasteiger partial charge in [-0.1, -0.05) is 37.1 Å². The molecule has 1 amide bonds. The van der Waals surface area contributed by atoms with Crippen LogP contribution >= 0.6 is 11.6 Å². The minimum atomic E-state index is -0.202. The number of halogens is 1. The van der Waals surface area contributed by atoms with Gasteiger partial charge >= 0.3 is 0 Å². The number of carbonyl (C=O) groups is 1. The van der Waals surface area contributed by atoms with Crippen molar-refractivity contribution in [1.29, 1.82) is 0 Å². The van der Waals surface area contributed by atoms with Gasteiger partial charge in [-0.15, -0.1) is 0 Å². The van der Waals surface area contributed by atoms with Crippen LogP contribution in [0.15, 0.2) is 24.3 Å². The Morgan fingerprint density at radius 2 is 2.14 bits per heavy atom.